The van der Waals surface area contributed by atoms with Crippen molar-refractivity contribution in [3.8, 4) is 11.1 Å². The van der Waals surface area contributed by atoms with Gasteiger partial charge in [-0.1, -0.05) is 91.9 Å². The molecule has 0 aromatic heterocycles. The summed E-state index contributed by atoms with van der Waals surface area (Å²) in [5.41, 5.74) is 5.09. The third kappa shape index (κ3) is 1.68. The van der Waals surface area contributed by atoms with Crippen molar-refractivity contribution in [3.63, 3.8) is 0 Å². The lowest BCUT2D eigenvalue weighted by Crippen LogP contribution is -2.68. The van der Waals surface area contributed by atoms with Crippen molar-refractivity contribution in [1.29, 1.82) is 0 Å². The van der Waals surface area contributed by atoms with Crippen molar-refractivity contribution in [2.24, 2.45) is 5.41 Å². The summed E-state index contributed by atoms with van der Waals surface area (Å²) in [4.78, 5) is 30.1. The molecule has 3 aliphatic carbocycles. The van der Waals surface area contributed by atoms with E-state index < -0.39 is 10.8 Å². The van der Waals surface area contributed by atoms with Crippen LogP contribution in [0.5, 0.6) is 0 Å². The number of nitrogens with zero attached hydrogens (tertiary/aromatic N) is 1. The minimum absolute atomic E-state index is 0.0171. The van der Waals surface area contributed by atoms with Crippen LogP contribution in [0.1, 0.15) is 47.4 Å². The van der Waals surface area contributed by atoms with Gasteiger partial charge in [0.1, 0.15) is 5.41 Å². The summed E-state index contributed by atoms with van der Waals surface area (Å²) >= 11 is 0. The second kappa shape index (κ2) is 5.86. The van der Waals surface area contributed by atoms with Gasteiger partial charge in [0.25, 0.3) is 0 Å². The van der Waals surface area contributed by atoms with E-state index in [1.54, 1.807) is 4.90 Å². The van der Waals surface area contributed by atoms with Gasteiger partial charge in [0.15, 0.2) is 0 Å². The first-order valence-electron chi connectivity index (χ1n) is 11.5. The molecule has 0 bridgehead atoms. The van der Waals surface area contributed by atoms with Crippen molar-refractivity contribution in [3.05, 3.63) is 101 Å². The molecule has 2 fully saturated rings. The molecular weight excluding hydrogens is 394 g/mol. The number of likely N-dealkylation sites (tertiary alicyclic amines) is 1. The molecule has 4 atom stereocenters. The van der Waals surface area contributed by atoms with Gasteiger partial charge in [0, 0.05) is 18.4 Å². The van der Waals surface area contributed by atoms with Crippen molar-refractivity contribution in [1.82, 2.24) is 4.90 Å². The number of rotatable bonds is 2. The van der Waals surface area contributed by atoms with E-state index in [0.717, 1.165) is 23.1 Å². The van der Waals surface area contributed by atoms with Crippen molar-refractivity contribution in [2.45, 2.75) is 30.6 Å². The SMILES string of the molecule is CCCN1C(=O)[C@@]23C=Cc4ccccc4[C@@H]2[C@@H]2c4ccccc4-c4ccccc4[C@@]23C1=O. The standard InChI is InChI=1S/C29H23NO2/c1-2-17-30-26(31)28-16-15-18-9-3-4-10-19(18)24(28)25-22-13-6-5-11-20(22)21-12-7-8-14-23(21)29(25,28)27(30)32/h3-16,24-25H,2,17H2,1H3/t24-,25+,28-,29+/m1/s1. The lowest BCUT2D eigenvalue weighted by molar-refractivity contribution is -0.141. The van der Waals surface area contributed by atoms with Gasteiger partial charge < -0.3 is 0 Å². The van der Waals surface area contributed by atoms with Crippen molar-refractivity contribution in [2.75, 3.05) is 6.54 Å². The second-order valence-corrected chi connectivity index (χ2v) is 9.49. The minimum Gasteiger partial charge on any atom is -0.281 e. The molecule has 32 heavy (non-hydrogen) atoms. The second-order valence-electron chi connectivity index (χ2n) is 9.49. The summed E-state index contributed by atoms with van der Waals surface area (Å²) in [5.74, 6) is -0.142. The monoisotopic (exact) mass is 417 g/mol. The average Bonchev–Trinajstić information content (AvgIpc) is 2.95. The fourth-order valence-electron chi connectivity index (χ4n) is 7.38. The summed E-state index contributed by atoms with van der Waals surface area (Å²) in [5, 5.41) is 0. The lowest BCUT2D eigenvalue weighted by atomic mass is 9.32. The van der Waals surface area contributed by atoms with E-state index in [4.69, 9.17) is 0 Å². The van der Waals surface area contributed by atoms with Gasteiger partial charge >= 0.3 is 0 Å². The Balaban J connectivity index is 1.62. The number of imide groups is 1. The third-order valence-electron chi connectivity index (χ3n) is 8.37. The summed E-state index contributed by atoms with van der Waals surface area (Å²) < 4.78 is 0. The highest BCUT2D eigenvalue weighted by Gasteiger charge is 2.85. The lowest BCUT2D eigenvalue weighted by Gasteiger charge is -2.65. The minimum atomic E-state index is -0.876. The molecule has 0 N–H and O–H groups in total. The van der Waals surface area contributed by atoms with E-state index in [1.165, 1.54) is 16.7 Å². The van der Waals surface area contributed by atoms with E-state index in [2.05, 4.69) is 66.7 Å². The molecule has 3 heteroatoms. The molecule has 7 rings (SSSR count). The molecule has 2 spiro atoms. The van der Waals surface area contributed by atoms with Gasteiger partial charge in [-0.15, -0.1) is 0 Å². The molecule has 1 saturated heterocycles. The Morgan fingerprint density at radius 1 is 0.781 bits per heavy atom. The summed E-state index contributed by atoms with van der Waals surface area (Å²) in [6, 6.07) is 25.1. The number of amides is 2. The maximum absolute atomic E-state index is 14.3. The Morgan fingerprint density at radius 2 is 1.47 bits per heavy atom. The maximum atomic E-state index is 14.3. The molecule has 156 valence electrons. The van der Waals surface area contributed by atoms with E-state index >= 15 is 0 Å². The molecule has 1 saturated carbocycles. The van der Waals surface area contributed by atoms with Crippen LogP contribution in [-0.4, -0.2) is 23.3 Å². The van der Waals surface area contributed by atoms with E-state index in [-0.39, 0.29) is 23.7 Å². The molecular formula is C29H23NO2. The molecule has 4 aliphatic rings. The average molecular weight is 418 g/mol. The zero-order valence-electron chi connectivity index (χ0n) is 17.9. The molecule has 0 unspecified atom stereocenters. The first-order valence-corrected chi connectivity index (χ1v) is 11.5. The fraction of sp³-hybridized carbons (Fsp3) is 0.241. The van der Waals surface area contributed by atoms with Gasteiger partial charge in [-0.25, -0.2) is 0 Å². The third-order valence-corrected chi connectivity index (χ3v) is 8.37. The Kier molecular flexibility index (Phi) is 3.32. The molecule has 3 nitrogen and oxygen atoms in total. The molecule has 1 aliphatic heterocycles. The van der Waals surface area contributed by atoms with Crippen LogP contribution in [0.25, 0.3) is 17.2 Å². The molecule has 2 amide bonds. The zero-order chi connectivity index (χ0) is 21.7. The molecule has 0 radical (unpaired) electrons. The Hall–Kier alpha value is -3.46. The topological polar surface area (TPSA) is 37.4 Å². The highest BCUT2D eigenvalue weighted by atomic mass is 16.2. The van der Waals surface area contributed by atoms with Crippen molar-refractivity contribution >= 4 is 17.9 Å². The number of benzene rings is 3. The van der Waals surface area contributed by atoms with Crippen LogP contribution >= 0.6 is 0 Å². The molecule has 3 aromatic carbocycles. The van der Waals surface area contributed by atoms with E-state index in [1.807, 2.05) is 25.1 Å². The predicted molar refractivity (Wildman–Crippen MR) is 124 cm³/mol. The predicted octanol–water partition coefficient (Wildman–Crippen LogP) is 5.28. The van der Waals surface area contributed by atoms with Gasteiger partial charge in [-0.05, 0) is 39.8 Å². The van der Waals surface area contributed by atoms with Crippen LogP contribution in [-0.2, 0) is 15.0 Å². The van der Waals surface area contributed by atoms with Crippen LogP contribution in [0.4, 0.5) is 0 Å². The van der Waals surface area contributed by atoms with E-state index in [9.17, 15) is 9.59 Å². The number of carbonyl (C=O) groups excluding carboxylic acids is 2. The highest BCUT2D eigenvalue weighted by Crippen LogP contribution is 2.80. The van der Waals surface area contributed by atoms with Crippen LogP contribution < -0.4 is 0 Å². The van der Waals surface area contributed by atoms with Crippen LogP contribution in [0.15, 0.2) is 78.9 Å². The fourth-order valence-corrected chi connectivity index (χ4v) is 7.38. The van der Waals surface area contributed by atoms with Crippen LogP contribution in [0.2, 0.25) is 0 Å². The van der Waals surface area contributed by atoms with Crippen LogP contribution in [0, 0.1) is 5.41 Å². The number of carbonyl (C=O) groups is 2. The largest absolute Gasteiger partial charge is 0.281 e. The number of fused-ring (bicyclic) bond motifs is 7. The summed E-state index contributed by atoms with van der Waals surface area (Å²) in [6.07, 6.45) is 4.92. The Bertz CT molecular complexity index is 1370. The number of hydrogen-bond acceptors (Lipinski definition) is 2. The first kappa shape index (κ1) is 18.1. The molecule has 3 aromatic rings. The van der Waals surface area contributed by atoms with Gasteiger partial charge in [-0.3, -0.25) is 14.5 Å². The maximum Gasteiger partial charge on any atom is 0.241 e. The van der Waals surface area contributed by atoms with E-state index in [0.29, 0.717) is 6.54 Å². The van der Waals surface area contributed by atoms with Crippen molar-refractivity contribution < 1.29 is 9.59 Å². The quantitative estimate of drug-likeness (QED) is 0.532. The van der Waals surface area contributed by atoms with Gasteiger partial charge in [-0.2, -0.15) is 0 Å². The van der Waals surface area contributed by atoms with Gasteiger partial charge in [0.05, 0.1) is 5.41 Å². The highest BCUT2D eigenvalue weighted by molar-refractivity contribution is 6.19. The number of hydrogen-bond donors (Lipinski definition) is 0. The Morgan fingerprint density at radius 3 is 2.28 bits per heavy atom. The van der Waals surface area contributed by atoms with Gasteiger partial charge in [0.2, 0.25) is 11.8 Å². The van der Waals surface area contributed by atoms with Crippen LogP contribution in [0.3, 0.4) is 0 Å². The summed E-state index contributed by atoms with van der Waals surface area (Å²) in [6.45, 7) is 2.50. The first-order chi connectivity index (χ1) is 15.7. The molecule has 1 heterocycles. The summed E-state index contributed by atoms with van der Waals surface area (Å²) in [7, 11) is 0. The zero-order valence-corrected chi connectivity index (χ0v) is 17.9. The Labute approximate surface area is 187 Å². The normalized spacial score (nSPS) is 30.5. The smallest absolute Gasteiger partial charge is 0.241 e.